The molecule has 8 heteroatoms. The molecule has 1 heterocycles. The Kier molecular flexibility index (Phi) is 5.96. The minimum Gasteiger partial charge on any atom is -0.351 e. The van der Waals surface area contributed by atoms with Crippen molar-refractivity contribution in [3.05, 3.63) is 70.5 Å². The quantitative estimate of drug-likeness (QED) is 0.644. The van der Waals surface area contributed by atoms with Gasteiger partial charge in [-0.1, -0.05) is 59.2 Å². The smallest absolute Gasteiger partial charge is 0.230 e. The van der Waals surface area contributed by atoms with Crippen LogP contribution in [0.2, 0.25) is 10.0 Å². The lowest BCUT2D eigenvalue weighted by atomic mass is 10.2. The second-order valence-corrected chi connectivity index (χ2v) is 6.91. The Morgan fingerprint density at radius 3 is 2.80 bits per heavy atom. The van der Waals surface area contributed by atoms with E-state index in [9.17, 15) is 4.79 Å². The van der Waals surface area contributed by atoms with Crippen molar-refractivity contribution < 1.29 is 4.79 Å². The predicted molar refractivity (Wildman–Crippen MR) is 100 cm³/mol. The van der Waals surface area contributed by atoms with Crippen LogP contribution in [0.4, 0.5) is 0 Å². The SMILES string of the molecule is O=C(CSc1nncn1-c1cccc(Cl)c1)NCc1ccccc1Cl. The number of benzene rings is 2. The summed E-state index contributed by atoms with van der Waals surface area (Å²) in [6, 6.07) is 14.8. The first-order chi connectivity index (χ1) is 12.1. The molecule has 1 aromatic heterocycles. The van der Waals surface area contributed by atoms with Crippen molar-refractivity contribution in [2.24, 2.45) is 0 Å². The van der Waals surface area contributed by atoms with Gasteiger partial charge >= 0.3 is 0 Å². The zero-order valence-electron chi connectivity index (χ0n) is 13.0. The molecule has 25 heavy (non-hydrogen) atoms. The summed E-state index contributed by atoms with van der Waals surface area (Å²) in [5.74, 6) is 0.120. The lowest BCUT2D eigenvalue weighted by molar-refractivity contribution is -0.118. The van der Waals surface area contributed by atoms with E-state index in [1.165, 1.54) is 11.8 Å². The molecule has 0 bridgehead atoms. The van der Waals surface area contributed by atoms with Gasteiger partial charge in [0.25, 0.3) is 0 Å². The average Bonchev–Trinajstić information content (AvgIpc) is 3.08. The second kappa shape index (κ2) is 8.38. The number of aromatic nitrogens is 3. The number of carbonyl (C=O) groups excluding carboxylic acids is 1. The summed E-state index contributed by atoms with van der Waals surface area (Å²) in [6.07, 6.45) is 1.59. The van der Waals surface area contributed by atoms with Crippen LogP contribution < -0.4 is 5.32 Å². The third-order valence-electron chi connectivity index (χ3n) is 3.37. The molecule has 0 unspecified atom stereocenters. The normalized spacial score (nSPS) is 10.6. The van der Waals surface area contributed by atoms with Crippen molar-refractivity contribution >= 4 is 40.9 Å². The highest BCUT2D eigenvalue weighted by Crippen LogP contribution is 2.21. The Hall–Kier alpha value is -2.02. The number of nitrogens with one attached hydrogen (secondary N) is 1. The fourth-order valence-electron chi connectivity index (χ4n) is 2.14. The van der Waals surface area contributed by atoms with Crippen LogP contribution in [0.5, 0.6) is 0 Å². The zero-order valence-corrected chi connectivity index (χ0v) is 15.4. The molecule has 0 spiro atoms. The Balaban J connectivity index is 1.58. The molecule has 0 saturated carbocycles. The number of amides is 1. The highest BCUT2D eigenvalue weighted by Gasteiger charge is 2.11. The molecule has 2 aromatic carbocycles. The van der Waals surface area contributed by atoms with Crippen LogP contribution in [-0.2, 0) is 11.3 Å². The van der Waals surface area contributed by atoms with Crippen molar-refractivity contribution in [3.8, 4) is 5.69 Å². The molecule has 3 rings (SSSR count). The molecule has 0 radical (unpaired) electrons. The number of hydrogen-bond acceptors (Lipinski definition) is 4. The van der Waals surface area contributed by atoms with Crippen molar-refractivity contribution in [1.29, 1.82) is 0 Å². The Morgan fingerprint density at radius 2 is 2.00 bits per heavy atom. The van der Waals surface area contributed by atoms with Gasteiger partial charge in [0.2, 0.25) is 5.91 Å². The minimum absolute atomic E-state index is 0.106. The van der Waals surface area contributed by atoms with E-state index in [-0.39, 0.29) is 11.7 Å². The molecule has 0 saturated heterocycles. The van der Waals surface area contributed by atoms with E-state index in [0.29, 0.717) is 21.7 Å². The molecule has 0 fully saturated rings. The molecular weight excluding hydrogens is 379 g/mol. The van der Waals surface area contributed by atoms with E-state index in [2.05, 4.69) is 15.5 Å². The maximum atomic E-state index is 12.1. The first kappa shape index (κ1) is 17.8. The van der Waals surface area contributed by atoms with Gasteiger partial charge in [0, 0.05) is 16.6 Å². The zero-order chi connectivity index (χ0) is 17.6. The molecule has 0 aliphatic rings. The summed E-state index contributed by atoms with van der Waals surface area (Å²) in [6.45, 7) is 0.389. The summed E-state index contributed by atoms with van der Waals surface area (Å²) in [4.78, 5) is 12.1. The highest BCUT2D eigenvalue weighted by atomic mass is 35.5. The molecular formula is C17H14Cl2N4OS. The van der Waals surface area contributed by atoms with Gasteiger partial charge in [-0.2, -0.15) is 0 Å². The topological polar surface area (TPSA) is 59.8 Å². The Labute approximate surface area is 159 Å². The molecule has 3 aromatic rings. The fraction of sp³-hybridized carbons (Fsp3) is 0.118. The molecule has 0 aliphatic carbocycles. The lowest BCUT2D eigenvalue weighted by Crippen LogP contribution is -2.24. The third-order valence-corrected chi connectivity index (χ3v) is 4.92. The second-order valence-electron chi connectivity index (χ2n) is 5.12. The summed E-state index contributed by atoms with van der Waals surface area (Å²) in [5.41, 5.74) is 1.72. The standard InChI is InChI=1S/C17H14Cl2N4OS/c18-13-5-3-6-14(8-13)23-11-21-22-17(23)25-10-16(24)20-9-12-4-1-2-7-15(12)19/h1-8,11H,9-10H2,(H,20,24). The first-order valence-corrected chi connectivity index (χ1v) is 9.16. The molecule has 1 N–H and O–H groups in total. The van der Waals surface area contributed by atoms with Crippen LogP contribution >= 0.6 is 35.0 Å². The summed E-state index contributed by atoms with van der Waals surface area (Å²) in [7, 11) is 0. The average molecular weight is 393 g/mol. The summed E-state index contributed by atoms with van der Waals surface area (Å²) in [5, 5.41) is 12.7. The molecule has 5 nitrogen and oxygen atoms in total. The number of rotatable bonds is 6. The van der Waals surface area contributed by atoms with E-state index < -0.39 is 0 Å². The number of hydrogen-bond donors (Lipinski definition) is 1. The van der Waals surface area contributed by atoms with Crippen molar-refractivity contribution in [3.63, 3.8) is 0 Å². The van der Waals surface area contributed by atoms with Gasteiger partial charge in [0.1, 0.15) is 6.33 Å². The van der Waals surface area contributed by atoms with Gasteiger partial charge in [0.05, 0.1) is 11.4 Å². The molecule has 0 aliphatic heterocycles. The fourth-order valence-corrected chi connectivity index (χ4v) is 3.29. The number of halogens is 2. The van der Waals surface area contributed by atoms with E-state index >= 15 is 0 Å². The molecule has 128 valence electrons. The maximum Gasteiger partial charge on any atom is 0.230 e. The van der Waals surface area contributed by atoms with Crippen molar-refractivity contribution in [1.82, 2.24) is 20.1 Å². The van der Waals surface area contributed by atoms with Gasteiger partial charge in [-0.15, -0.1) is 10.2 Å². The number of nitrogens with zero attached hydrogens (tertiary/aromatic N) is 3. The van der Waals surface area contributed by atoms with Crippen LogP contribution in [0.15, 0.2) is 60.0 Å². The maximum absolute atomic E-state index is 12.1. The van der Waals surface area contributed by atoms with Crippen LogP contribution in [0.25, 0.3) is 5.69 Å². The number of thioether (sulfide) groups is 1. The van der Waals surface area contributed by atoms with Gasteiger partial charge in [-0.05, 0) is 29.8 Å². The molecule has 1 amide bonds. The van der Waals surface area contributed by atoms with Crippen LogP contribution in [0.1, 0.15) is 5.56 Å². The van der Waals surface area contributed by atoms with Crippen LogP contribution in [-0.4, -0.2) is 26.4 Å². The monoisotopic (exact) mass is 392 g/mol. The van der Waals surface area contributed by atoms with Gasteiger partial charge in [0.15, 0.2) is 5.16 Å². The number of carbonyl (C=O) groups is 1. The summed E-state index contributed by atoms with van der Waals surface area (Å²) < 4.78 is 1.79. The first-order valence-electron chi connectivity index (χ1n) is 7.42. The van der Waals surface area contributed by atoms with E-state index in [1.807, 2.05) is 36.4 Å². The third kappa shape index (κ3) is 4.75. The molecule has 0 atom stereocenters. The van der Waals surface area contributed by atoms with Crippen LogP contribution in [0, 0.1) is 0 Å². The predicted octanol–water partition coefficient (Wildman–Crippen LogP) is 3.98. The van der Waals surface area contributed by atoms with E-state index in [4.69, 9.17) is 23.2 Å². The Bertz CT molecular complexity index is 884. The summed E-state index contributed by atoms with van der Waals surface area (Å²) >= 11 is 13.4. The van der Waals surface area contributed by atoms with Gasteiger partial charge in [-0.3, -0.25) is 9.36 Å². The van der Waals surface area contributed by atoms with Crippen LogP contribution in [0.3, 0.4) is 0 Å². The minimum atomic E-state index is -0.106. The van der Waals surface area contributed by atoms with E-state index in [0.717, 1.165) is 11.3 Å². The highest BCUT2D eigenvalue weighted by molar-refractivity contribution is 7.99. The lowest BCUT2D eigenvalue weighted by Gasteiger charge is -2.08. The largest absolute Gasteiger partial charge is 0.351 e. The van der Waals surface area contributed by atoms with Gasteiger partial charge < -0.3 is 5.32 Å². The van der Waals surface area contributed by atoms with Crippen molar-refractivity contribution in [2.45, 2.75) is 11.7 Å². The van der Waals surface area contributed by atoms with Crippen molar-refractivity contribution in [2.75, 3.05) is 5.75 Å². The Morgan fingerprint density at radius 1 is 1.16 bits per heavy atom. The van der Waals surface area contributed by atoms with E-state index in [1.54, 1.807) is 23.0 Å². The van der Waals surface area contributed by atoms with Gasteiger partial charge in [-0.25, -0.2) is 0 Å².